The van der Waals surface area contributed by atoms with Crippen LogP contribution in [0.15, 0.2) is 24.3 Å². The molecule has 2 amide bonds. The molecule has 1 heterocycles. The summed E-state index contributed by atoms with van der Waals surface area (Å²) in [5.41, 5.74) is 1.12. The van der Waals surface area contributed by atoms with E-state index in [0.29, 0.717) is 6.54 Å². The molecule has 134 valence electrons. The van der Waals surface area contributed by atoms with Crippen molar-refractivity contribution in [3.05, 3.63) is 29.8 Å². The number of piperazine rings is 1. The Bertz CT molecular complexity index is 511. The van der Waals surface area contributed by atoms with E-state index in [9.17, 15) is 4.79 Å². The zero-order valence-corrected chi connectivity index (χ0v) is 15.3. The van der Waals surface area contributed by atoms with Crippen molar-refractivity contribution < 1.29 is 9.53 Å². The minimum atomic E-state index is 0.0495. The lowest BCUT2D eigenvalue weighted by Gasteiger charge is -2.35. The highest BCUT2D eigenvalue weighted by Gasteiger charge is 2.20. The standard InChI is InChI=1S/C19H31N3O2/c1-16(2)9-11-21-12-14-22(15-13-21)19(23)20-10-8-17-6-4-5-7-18(17)24-3/h4-7,16H,8-15H2,1-3H3,(H,20,23). The predicted molar refractivity (Wildman–Crippen MR) is 97.6 cm³/mol. The van der Waals surface area contributed by atoms with Gasteiger partial charge in [0.25, 0.3) is 0 Å². The fraction of sp³-hybridized carbons (Fsp3) is 0.632. The molecule has 24 heavy (non-hydrogen) atoms. The second-order valence-electron chi connectivity index (χ2n) is 6.80. The molecule has 1 aliphatic heterocycles. The minimum Gasteiger partial charge on any atom is -0.496 e. The van der Waals surface area contributed by atoms with Crippen LogP contribution in [0.25, 0.3) is 0 Å². The van der Waals surface area contributed by atoms with Crippen LogP contribution in [0.4, 0.5) is 4.79 Å². The van der Waals surface area contributed by atoms with Crippen LogP contribution in [-0.2, 0) is 6.42 Å². The summed E-state index contributed by atoms with van der Waals surface area (Å²) >= 11 is 0. The van der Waals surface area contributed by atoms with Crippen molar-refractivity contribution in [2.75, 3.05) is 46.4 Å². The van der Waals surface area contributed by atoms with E-state index in [1.54, 1.807) is 7.11 Å². The number of hydrogen-bond donors (Lipinski definition) is 1. The third-order valence-corrected chi connectivity index (χ3v) is 4.55. The second-order valence-corrected chi connectivity index (χ2v) is 6.80. The van der Waals surface area contributed by atoms with Gasteiger partial charge in [-0.15, -0.1) is 0 Å². The lowest BCUT2D eigenvalue weighted by molar-refractivity contribution is 0.136. The van der Waals surface area contributed by atoms with E-state index < -0.39 is 0 Å². The van der Waals surface area contributed by atoms with Gasteiger partial charge < -0.3 is 15.0 Å². The SMILES string of the molecule is COc1ccccc1CCNC(=O)N1CCN(CCC(C)C)CC1. The molecule has 0 aromatic heterocycles. The molecule has 1 aromatic carbocycles. The number of amides is 2. The molecule has 0 radical (unpaired) electrons. The first kappa shape index (κ1) is 18.6. The summed E-state index contributed by atoms with van der Waals surface area (Å²) < 4.78 is 5.34. The number of carbonyl (C=O) groups is 1. The van der Waals surface area contributed by atoms with Gasteiger partial charge in [0.2, 0.25) is 0 Å². The summed E-state index contributed by atoms with van der Waals surface area (Å²) in [4.78, 5) is 16.7. The normalized spacial score (nSPS) is 15.6. The molecule has 1 saturated heterocycles. The van der Waals surface area contributed by atoms with E-state index in [-0.39, 0.29) is 6.03 Å². The molecule has 1 aliphatic rings. The van der Waals surface area contributed by atoms with Gasteiger partial charge in [-0.3, -0.25) is 4.90 Å². The average molecular weight is 333 g/mol. The molecule has 0 unspecified atom stereocenters. The van der Waals surface area contributed by atoms with Gasteiger partial charge in [-0.05, 0) is 36.9 Å². The number of nitrogens with zero attached hydrogens (tertiary/aromatic N) is 2. The van der Waals surface area contributed by atoms with Crippen molar-refractivity contribution in [2.24, 2.45) is 5.92 Å². The number of carbonyl (C=O) groups excluding carboxylic acids is 1. The van der Waals surface area contributed by atoms with Crippen molar-refractivity contribution in [3.63, 3.8) is 0 Å². The monoisotopic (exact) mass is 333 g/mol. The molecule has 2 rings (SSSR count). The number of nitrogens with one attached hydrogen (secondary N) is 1. The number of methoxy groups -OCH3 is 1. The molecule has 0 saturated carbocycles. The fourth-order valence-electron chi connectivity index (χ4n) is 2.94. The van der Waals surface area contributed by atoms with Crippen LogP contribution in [0.2, 0.25) is 0 Å². The first-order valence-electron chi connectivity index (χ1n) is 8.97. The van der Waals surface area contributed by atoms with E-state index in [0.717, 1.165) is 56.4 Å². The smallest absolute Gasteiger partial charge is 0.317 e. The van der Waals surface area contributed by atoms with Gasteiger partial charge in [-0.2, -0.15) is 0 Å². The topological polar surface area (TPSA) is 44.8 Å². The zero-order chi connectivity index (χ0) is 17.4. The first-order chi connectivity index (χ1) is 11.6. The van der Waals surface area contributed by atoms with Crippen LogP contribution in [0, 0.1) is 5.92 Å². The predicted octanol–water partition coefficient (Wildman–Crippen LogP) is 2.61. The molecular weight excluding hydrogens is 302 g/mol. The highest BCUT2D eigenvalue weighted by molar-refractivity contribution is 5.74. The molecule has 0 bridgehead atoms. The van der Waals surface area contributed by atoms with Crippen molar-refractivity contribution in [2.45, 2.75) is 26.7 Å². The number of ether oxygens (including phenoxy) is 1. The molecule has 0 atom stereocenters. The van der Waals surface area contributed by atoms with Crippen molar-refractivity contribution >= 4 is 6.03 Å². The zero-order valence-electron chi connectivity index (χ0n) is 15.3. The number of para-hydroxylation sites is 1. The first-order valence-corrected chi connectivity index (χ1v) is 8.97. The van der Waals surface area contributed by atoms with E-state index in [1.165, 1.54) is 6.42 Å². The quantitative estimate of drug-likeness (QED) is 0.834. The Labute approximate surface area is 146 Å². The number of benzene rings is 1. The number of rotatable bonds is 7. The molecule has 5 nitrogen and oxygen atoms in total. The Morgan fingerprint density at radius 2 is 1.92 bits per heavy atom. The van der Waals surface area contributed by atoms with Gasteiger partial charge in [-0.1, -0.05) is 32.0 Å². The largest absolute Gasteiger partial charge is 0.496 e. The van der Waals surface area contributed by atoms with Crippen LogP contribution < -0.4 is 10.1 Å². The highest BCUT2D eigenvalue weighted by Crippen LogP contribution is 2.17. The molecule has 5 heteroatoms. The number of hydrogen-bond acceptors (Lipinski definition) is 3. The van der Waals surface area contributed by atoms with Gasteiger partial charge in [0.05, 0.1) is 7.11 Å². The molecular formula is C19H31N3O2. The summed E-state index contributed by atoms with van der Waals surface area (Å²) in [6, 6.07) is 8.00. The molecule has 1 fully saturated rings. The van der Waals surface area contributed by atoms with Crippen molar-refractivity contribution in [3.8, 4) is 5.75 Å². The summed E-state index contributed by atoms with van der Waals surface area (Å²) in [6.07, 6.45) is 2.01. The average Bonchev–Trinajstić information content (AvgIpc) is 2.60. The maximum absolute atomic E-state index is 12.3. The third-order valence-electron chi connectivity index (χ3n) is 4.55. The Morgan fingerprint density at radius 1 is 1.21 bits per heavy atom. The lowest BCUT2D eigenvalue weighted by atomic mass is 10.1. The minimum absolute atomic E-state index is 0.0495. The molecule has 0 spiro atoms. The van der Waals surface area contributed by atoms with E-state index in [4.69, 9.17) is 4.74 Å². The van der Waals surface area contributed by atoms with Crippen molar-refractivity contribution in [1.82, 2.24) is 15.1 Å². The van der Waals surface area contributed by atoms with Crippen LogP contribution in [0.1, 0.15) is 25.8 Å². The summed E-state index contributed by atoms with van der Waals surface area (Å²) in [6.45, 7) is 9.88. The lowest BCUT2D eigenvalue weighted by Crippen LogP contribution is -2.52. The van der Waals surface area contributed by atoms with Crippen LogP contribution in [0.3, 0.4) is 0 Å². The Morgan fingerprint density at radius 3 is 2.58 bits per heavy atom. The third kappa shape index (κ3) is 5.71. The summed E-state index contributed by atoms with van der Waals surface area (Å²) in [5.74, 6) is 1.62. The molecule has 0 aliphatic carbocycles. The van der Waals surface area contributed by atoms with Crippen LogP contribution in [0.5, 0.6) is 5.75 Å². The van der Waals surface area contributed by atoms with Gasteiger partial charge in [0.15, 0.2) is 0 Å². The highest BCUT2D eigenvalue weighted by atomic mass is 16.5. The Hall–Kier alpha value is -1.75. The maximum Gasteiger partial charge on any atom is 0.317 e. The van der Waals surface area contributed by atoms with Crippen LogP contribution >= 0.6 is 0 Å². The molecule has 1 N–H and O–H groups in total. The van der Waals surface area contributed by atoms with Gasteiger partial charge in [0, 0.05) is 32.7 Å². The van der Waals surface area contributed by atoms with E-state index in [1.807, 2.05) is 29.2 Å². The Balaban J connectivity index is 1.68. The fourth-order valence-corrected chi connectivity index (χ4v) is 2.94. The van der Waals surface area contributed by atoms with E-state index >= 15 is 0 Å². The summed E-state index contributed by atoms with van der Waals surface area (Å²) in [7, 11) is 1.68. The van der Waals surface area contributed by atoms with Gasteiger partial charge >= 0.3 is 6.03 Å². The second kappa shape index (κ2) is 9.52. The van der Waals surface area contributed by atoms with Crippen LogP contribution in [-0.4, -0.2) is 62.2 Å². The van der Waals surface area contributed by atoms with Gasteiger partial charge in [0.1, 0.15) is 5.75 Å². The Kier molecular flexibility index (Phi) is 7.37. The van der Waals surface area contributed by atoms with Crippen molar-refractivity contribution in [1.29, 1.82) is 0 Å². The number of urea groups is 1. The van der Waals surface area contributed by atoms with Gasteiger partial charge in [-0.25, -0.2) is 4.79 Å². The van der Waals surface area contributed by atoms with E-state index in [2.05, 4.69) is 24.1 Å². The molecule has 1 aromatic rings. The maximum atomic E-state index is 12.3. The summed E-state index contributed by atoms with van der Waals surface area (Å²) in [5, 5.41) is 3.03.